The molecule has 0 spiro atoms. The van der Waals surface area contributed by atoms with Crippen LogP contribution in [0.4, 0.5) is 5.82 Å². The maximum atomic E-state index is 11.2. The average molecular weight is 259 g/mol. The van der Waals surface area contributed by atoms with Gasteiger partial charge in [-0.3, -0.25) is 4.79 Å². The zero-order valence-corrected chi connectivity index (χ0v) is 10.8. The van der Waals surface area contributed by atoms with Crippen LogP contribution in [0.2, 0.25) is 0 Å². The van der Waals surface area contributed by atoms with E-state index in [1.54, 1.807) is 0 Å². The van der Waals surface area contributed by atoms with E-state index in [2.05, 4.69) is 9.97 Å². The molecule has 3 N–H and O–H groups in total. The molecule has 96 valence electrons. The van der Waals surface area contributed by atoms with Crippen molar-refractivity contribution in [1.82, 2.24) is 9.97 Å². The smallest absolute Gasteiger partial charge is 0.253 e. The molecular weight excluding hydrogens is 242 g/mol. The van der Waals surface area contributed by atoms with Gasteiger partial charge in [-0.25, -0.2) is 4.98 Å². The van der Waals surface area contributed by atoms with Crippen LogP contribution in [0.5, 0.6) is 0 Å². The van der Waals surface area contributed by atoms with E-state index in [0.29, 0.717) is 24.1 Å². The quantitative estimate of drug-likeness (QED) is 0.428. The highest BCUT2D eigenvalue weighted by Gasteiger charge is 2.09. The second kappa shape index (κ2) is 7.31. The van der Waals surface area contributed by atoms with Gasteiger partial charge in [-0.05, 0) is 13.8 Å². The third kappa shape index (κ3) is 5.20. The molecule has 0 aliphatic carbocycles. The van der Waals surface area contributed by atoms with Crippen molar-refractivity contribution >= 4 is 17.6 Å². The van der Waals surface area contributed by atoms with Gasteiger partial charge in [0.1, 0.15) is 5.82 Å². The van der Waals surface area contributed by atoms with Gasteiger partial charge in [-0.15, -0.1) is 0 Å². The molecule has 0 unspecified atom stereocenters. The molecule has 0 aromatic carbocycles. The molecule has 0 fully saturated rings. The van der Waals surface area contributed by atoms with E-state index in [1.165, 1.54) is 17.8 Å². The summed E-state index contributed by atoms with van der Waals surface area (Å²) >= 11 is 1.34. The molecule has 1 heterocycles. The van der Waals surface area contributed by atoms with Gasteiger partial charge in [0.2, 0.25) is 0 Å². The molecule has 0 amide bonds. The number of nitrogens with two attached hydrogens (primary N) is 1. The normalized spacial score (nSPS) is 11.0. The molecule has 0 aliphatic heterocycles. The van der Waals surface area contributed by atoms with Crippen molar-refractivity contribution in [3.8, 4) is 0 Å². The Balaban J connectivity index is 2.55. The third-order valence-electron chi connectivity index (χ3n) is 1.80. The first-order valence-electron chi connectivity index (χ1n) is 5.38. The van der Waals surface area contributed by atoms with Gasteiger partial charge < -0.3 is 20.2 Å². The topological polar surface area (TPSA) is 90.2 Å². The van der Waals surface area contributed by atoms with Crippen LogP contribution in [-0.4, -0.2) is 35.2 Å². The number of rotatable bonds is 7. The largest absolute Gasteiger partial charge is 0.383 e. The van der Waals surface area contributed by atoms with Crippen molar-refractivity contribution < 1.29 is 9.47 Å². The third-order valence-corrected chi connectivity index (χ3v) is 2.71. The van der Waals surface area contributed by atoms with E-state index >= 15 is 0 Å². The Morgan fingerprint density at radius 3 is 2.65 bits per heavy atom. The van der Waals surface area contributed by atoms with E-state index in [9.17, 15) is 4.79 Å². The summed E-state index contributed by atoms with van der Waals surface area (Å²) < 4.78 is 10.7. The fourth-order valence-electron chi connectivity index (χ4n) is 1.18. The summed E-state index contributed by atoms with van der Waals surface area (Å²) in [6.07, 6.45) is -0.304. The highest BCUT2D eigenvalue weighted by molar-refractivity contribution is 7.99. The van der Waals surface area contributed by atoms with Gasteiger partial charge in [-0.1, -0.05) is 11.8 Å². The molecule has 1 aromatic heterocycles. The molecular formula is C10H17N3O3S. The summed E-state index contributed by atoms with van der Waals surface area (Å²) in [5.74, 6) is 0.759. The second-order valence-corrected chi connectivity index (χ2v) is 4.14. The Labute approximate surface area is 104 Å². The zero-order valence-electron chi connectivity index (χ0n) is 9.93. The van der Waals surface area contributed by atoms with Crippen molar-refractivity contribution in [1.29, 1.82) is 0 Å². The van der Waals surface area contributed by atoms with Gasteiger partial charge in [-0.2, -0.15) is 0 Å². The molecule has 7 heteroatoms. The molecule has 0 atom stereocenters. The standard InChI is InChI=1S/C10H17N3O3S/c1-3-15-9(16-4-2)6-17-10-12-7(11)5-8(14)13-10/h5,9H,3-4,6H2,1-2H3,(H3,11,12,13,14). The lowest BCUT2D eigenvalue weighted by molar-refractivity contribution is -0.120. The Morgan fingerprint density at radius 2 is 2.12 bits per heavy atom. The number of H-pyrrole nitrogens is 1. The summed E-state index contributed by atoms with van der Waals surface area (Å²) in [4.78, 5) is 17.7. The molecule has 0 aliphatic rings. The van der Waals surface area contributed by atoms with Crippen molar-refractivity contribution in [2.75, 3.05) is 24.7 Å². The van der Waals surface area contributed by atoms with E-state index < -0.39 is 0 Å². The predicted octanol–water partition coefficient (Wildman–Crippen LogP) is 0.843. The maximum absolute atomic E-state index is 11.2. The number of aromatic amines is 1. The van der Waals surface area contributed by atoms with Crippen LogP contribution >= 0.6 is 11.8 Å². The van der Waals surface area contributed by atoms with E-state index in [1.807, 2.05) is 13.8 Å². The van der Waals surface area contributed by atoms with Crippen LogP contribution in [0.25, 0.3) is 0 Å². The van der Waals surface area contributed by atoms with Gasteiger partial charge in [0.25, 0.3) is 5.56 Å². The Kier molecular flexibility index (Phi) is 6.03. The molecule has 1 rings (SSSR count). The van der Waals surface area contributed by atoms with Crippen LogP contribution < -0.4 is 11.3 Å². The van der Waals surface area contributed by atoms with Crippen molar-refractivity contribution in [3.63, 3.8) is 0 Å². The SMILES string of the molecule is CCOC(CSc1nc(N)cc(=O)[nH]1)OCC. The summed E-state index contributed by atoms with van der Waals surface area (Å²) in [6, 6.07) is 1.24. The lowest BCUT2D eigenvalue weighted by Crippen LogP contribution is -2.20. The first-order chi connectivity index (χ1) is 8.15. The van der Waals surface area contributed by atoms with Crippen molar-refractivity contribution in [2.24, 2.45) is 0 Å². The number of aromatic nitrogens is 2. The van der Waals surface area contributed by atoms with Gasteiger partial charge in [0.05, 0.1) is 5.75 Å². The minimum absolute atomic E-state index is 0.209. The molecule has 0 saturated heterocycles. The Hall–Kier alpha value is -1.05. The van der Waals surface area contributed by atoms with Crippen molar-refractivity contribution in [2.45, 2.75) is 25.3 Å². The molecule has 0 bridgehead atoms. The lowest BCUT2D eigenvalue weighted by atomic mass is 10.6. The fourth-order valence-corrected chi connectivity index (χ4v) is 2.01. The lowest BCUT2D eigenvalue weighted by Gasteiger charge is -2.15. The van der Waals surface area contributed by atoms with Crippen molar-refractivity contribution in [3.05, 3.63) is 16.4 Å². The molecule has 6 nitrogen and oxygen atoms in total. The monoisotopic (exact) mass is 259 g/mol. The number of nitrogens with zero attached hydrogens (tertiary/aromatic N) is 1. The summed E-state index contributed by atoms with van der Waals surface area (Å²) in [5.41, 5.74) is 5.22. The molecule has 1 aromatic rings. The number of nitrogen functional groups attached to an aromatic ring is 1. The number of nitrogens with one attached hydrogen (secondary N) is 1. The van der Waals surface area contributed by atoms with E-state index in [0.717, 1.165) is 0 Å². The first-order valence-corrected chi connectivity index (χ1v) is 6.37. The van der Waals surface area contributed by atoms with Crippen LogP contribution in [-0.2, 0) is 9.47 Å². The number of ether oxygens (including phenoxy) is 2. The minimum atomic E-state index is -0.304. The maximum Gasteiger partial charge on any atom is 0.253 e. The highest BCUT2D eigenvalue weighted by atomic mass is 32.2. The van der Waals surface area contributed by atoms with Gasteiger partial charge >= 0.3 is 0 Å². The Morgan fingerprint density at radius 1 is 1.47 bits per heavy atom. The van der Waals surface area contributed by atoms with Crippen LogP contribution in [0.15, 0.2) is 16.0 Å². The number of hydrogen-bond acceptors (Lipinski definition) is 6. The molecule has 17 heavy (non-hydrogen) atoms. The summed E-state index contributed by atoms with van der Waals surface area (Å²) in [7, 11) is 0. The van der Waals surface area contributed by atoms with Crippen LogP contribution in [0.1, 0.15) is 13.8 Å². The number of thioether (sulfide) groups is 1. The summed E-state index contributed by atoms with van der Waals surface area (Å²) in [6.45, 7) is 4.95. The van der Waals surface area contributed by atoms with E-state index in [4.69, 9.17) is 15.2 Å². The summed E-state index contributed by atoms with van der Waals surface area (Å²) in [5, 5.41) is 0.472. The number of hydrogen-bond donors (Lipinski definition) is 2. The van der Waals surface area contributed by atoms with Crippen LogP contribution in [0, 0.1) is 0 Å². The highest BCUT2D eigenvalue weighted by Crippen LogP contribution is 2.15. The fraction of sp³-hybridized carbons (Fsp3) is 0.600. The predicted molar refractivity (Wildman–Crippen MR) is 67.0 cm³/mol. The zero-order chi connectivity index (χ0) is 12.7. The molecule has 0 saturated carbocycles. The second-order valence-electron chi connectivity index (χ2n) is 3.13. The Bertz CT molecular complexity index is 391. The van der Waals surface area contributed by atoms with Gasteiger partial charge in [0, 0.05) is 19.3 Å². The van der Waals surface area contributed by atoms with Crippen LogP contribution in [0.3, 0.4) is 0 Å². The van der Waals surface area contributed by atoms with Gasteiger partial charge in [0.15, 0.2) is 11.4 Å². The average Bonchev–Trinajstić information content (AvgIpc) is 2.25. The minimum Gasteiger partial charge on any atom is -0.383 e. The first kappa shape index (κ1) is 14.0. The number of anilines is 1. The van der Waals surface area contributed by atoms with E-state index in [-0.39, 0.29) is 17.7 Å². The molecule has 0 radical (unpaired) electrons.